The van der Waals surface area contributed by atoms with Crippen LogP contribution in [-0.2, 0) is 26.0 Å². The van der Waals surface area contributed by atoms with Crippen LogP contribution in [0.1, 0.15) is 31.9 Å². The summed E-state index contributed by atoms with van der Waals surface area (Å²) in [5.41, 5.74) is 2.19. The fourth-order valence-electron chi connectivity index (χ4n) is 3.95. The molecule has 0 aliphatic carbocycles. The van der Waals surface area contributed by atoms with Crippen molar-refractivity contribution in [1.29, 1.82) is 0 Å². The number of nitrogens with one attached hydrogen (secondary N) is 1. The zero-order valence-electron chi connectivity index (χ0n) is 22.1. The lowest BCUT2D eigenvalue weighted by molar-refractivity contribution is -0.139. The average molecular weight is 540 g/mol. The molecule has 1 N–H and O–H groups in total. The number of hydrogen-bond donors (Lipinski definition) is 1. The highest BCUT2D eigenvalue weighted by Crippen LogP contribution is 2.25. The number of aryl methyl sites for hydroxylation is 1. The Morgan fingerprint density at radius 3 is 2.08 bits per heavy atom. The first-order chi connectivity index (χ1) is 18.0. The molecule has 0 unspecified atom stereocenters. The van der Waals surface area contributed by atoms with E-state index in [4.69, 9.17) is 0 Å². The molecule has 1 atom stereocenters. The highest BCUT2D eigenvalue weighted by atomic mass is 32.2. The zero-order chi connectivity index (χ0) is 27.9. The lowest BCUT2D eigenvalue weighted by Crippen LogP contribution is -2.53. The Bertz CT molecular complexity index is 1330. The van der Waals surface area contributed by atoms with Crippen molar-refractivity contribution in [2.24, 2.45) is 0 Å². The molecule has 0 aromatic heterocycles. The number of carbonyl (C=O) groups excluding carboxylic acids is 2. The van der Waals surface area contributed by atoms with Gasteiger partial charge in [-0.15, -0.1) is 0 Å². The Labute approximate surface area is 224 Å². The van der Waals surface area contributed by atoms with Crippen LogP contribution in [0.15, 0.2) is 83.8 Å². The molecule has 3 rings (SSSR count). The predicted octanol–water partition coefficient (Wildman–Crippen LogP) is 4.31. The number of hydrogen-bond acceptors (Lipinski definition) is 4. The molecule has 9 heteroatoms. The third-order valence-corrected chi connectivity index (χ3v) is 7.87. The minimum atomic E-state index is -4.23. The molecule has 38 heavy (non-hydrogen) atoms. The van der Waals surface area contributed by atoms with Gasteiger partial charge < -0.3 is 10.2 Å². The summed E-state index contributed by atoms with van der Waals surface area (Å²) in [5, 5.41) is 2.83. The summed E-state index contributed by atoms with van der Waals surface area (Å²) in [4.78, 5) is 27.9. The van der Waals surface area contributed by atoms with Gasteiger partial charge >= 0.3 is 0 Å². The van der Waals surface area contributed by atoms with Crippen LogP contribution in [0, 0.1) is 12.7 Å². The minimum Gasteiger partial charge on any atom is -0.352 e. The van der Waals surface area contributed by atoms with Gasteiger partial charge in [0.15, 0.2) is 0 Å². The SMILES string of the molecule is Cc1ccc(N(CC(=O)N(CCc2ccccc2)[C@H](C)C(=O)NC(C)C)S(=O)(=O)c2ccc(F)cc2)cc1. The van der Waals surface area contributed by atoms with Gasteiger partial charge in [-0.05, 0) is 76.1 Å². The number of anilines is 1. The van der Waals surface area contributed by atoms with E-state index in [0.717, 1.165) is 27.6 Å². The monoisotopic (exact) mass is 539 g/mol. The topological polar surface area (TPSA) is 86.8 Å². The molecule has 0 saturated carbocycles. The molecule has 2 amide bonds. The van der Waals surface area contributed by atoms with Gasteiger partial charge in [0.05, 0.1) is 10.6 Å². The fraction of sp³-hybridized carbons (Fsp3) is 0.310. The fourth-order valence-corrected chi connectivity index (χ4v) is 5.36. The van der Waals surface area contributed by atoms with E-state index in [0.29, 0.717) is 6.42 Å². The summed E-state index contributed by atoms with van der Waals surface area (Å²) in [7, 11) is -4.23. The summed E-state index contributed by atoms with van der Waals surface area (Å²) < 4.78 is 41.9. The number of benzene rings is 3. The van der Waals surface area contributed by atoms with E-state index < -0.39 is 34.3 Å². The van der Waals surface area contributed by atoms with Gasteiger partial charge in [-0.3, -0.25) is 13.9 Å². The summed E-state index contributed by atoms with van der Waals surface area (Å²) in [5.74, 6) is -1.43. The van der Waals surface area contributed by atoms with Crippen LogP contribution in [0.4, 0.5) is 10.1 Å². The quantitative estimate of drug-likeness (QED) is 0.393. The van der Waals surface area contributed by atoms with Crippen LogP contribution in [0.3, 0.4) is 0 Å². The van der Waals surface area contributed by atoms with Crippen LogP contribution in [0.2, 0.25) is 0 Å². The van der Waals surface area contributed by atoms with Gasteiger partial charge in [-0.1, -0.05) is 48.0 Å². The largest absolute Gasteiger partial charge is 0.352 e. The first kappa shape index (κ1) is 28.8. The van der Waals surface area contributed by atoms with E-state index >= 15 is 0 Å². The molecule has 7 nitrogen and oxygen atoms in total. The lowest BCUT2D eigenvalue weighted by atomic mass is 10.1. The van der Waals surface area contributed by atoms with Crippen molar-refractivity contribution in [1.82, 2.24) is 10.2 Å². The van der Waals surface area contributed by atoms with Crippen molar-refractivity contribution in [3.05, 3.63) is 95.8 Å². The minimum absolute atomic E-state index is 0.126. The first-order valence-electron chi connectivity index (χ1n) is 12.5. The van der Waals surface area contributed by atoms with E-state index in [9.17, 15) is 22.4 Å². The summed E-state index contributed by atoms with van der Waals surface area (Å²) in [6.45, 7) is 6.84. The standard InChI is InChI=1S/C29H34FN3O4S/c1-21(2)31-29(35)23(4)32(19-18-24-8-6-5-7-9-24)28(34)20-33(26-14-10-22(3)11-15-26)38(36,37)27-16-12-25(30)13-17-27/h5-17,21,23H,18-20H2,1-4H3,(H,31,35)/t23-/m1/s1. The smallest absolute Gasteiger partial charge is 0.264 e. The number of nitrogens with zero attached hydrogens (tertiary/aromatic N) is 2. The lowest BCUT2D eigenvalue weighted by Gasteiger charge is -2.32. The van der Waals surface area contributed by atoms with Gasteiger partial charge in [-0.25, -0.2) is 12.8 Å². The second-order valence-corrected chi connectivity index (χ2v) is 11.3. The van der Waals surface area contributed by atoms with Crippen LogP contribution in [0.25, 0.3) is 0 Å². The number of sulfonamides is 1. The Hall–Kier alpha value is -3.72. The normalized spacial score (nSPS) is 12.2. The van der Waals surface area contributed by atoms with Gasteiger partial charge in [-0.2, -0.15) is 0 Å². The molecule has 3 aromatic rings. The molecular formula is C29H34FN3O4S. The summed E-state index contributed by atoms with van der Waals surface area (Å²) >= 11 is 0. The molecule has 202 valence electrons. The van der Waals surface area contributed by atoms with Gasteiger partial charge in [0.25, 0.3) is 10.0 Å². The van der Waals surface area contributed by atoms with Gasteiger partial charge in [0.2, 0.25) is 11.8 Å². The molecule has 0 spiro atoms. The van der Waals surface area contributed by atoms with Crippen LogP contribution in [-0.4, -0.2) is 50.3 Å². The van der Waals surface area contributed by atoms with Gasteiger partial charge in [0.1, 0.15) is 18.4 Å². The maximum Gasteiger partial charge on any atom is 0.264 e. The van der Waals surface area contributed by atoms with E-state index in [1.165, 1.54) is 17.0 Å². The number of amides is 2. The highest BCUT2D eigenvalue weighted by Gasteiger charge is 2.32. The van der Waals surface area contributed by atoms with Crippen molar-refractivity contribution in [2.75, 3.05) is 17.4 Å². The molecule has 0 bridgehead atoms. The summed E-state index contributed by atoms with van der Waals surface area (Å²) in [6, 6.07) is 19.8. The Kier molecular flexibility index (Phi) is 9.63. The Balaban J connectivity index is 1.97. The summed E-state index contributed by atoms with van der Waals surface area (Å²) in [6.07, 6.45) is 0.487. The van der Waals surface area contributed by atoms with Crippen molar-refractivity contribution >= 4 is 27.5 Å². The second-order valence-electron chi connectivity index (χ2n) is 9.46. The van der Waals surface area contributed by atoms with Crippen molar-refractivity contribution in [2.45, 2.75) is 51.1 Å². The van der Waals surface area contributed by atoms with E-state index in [1.807, 2.05) is 51.1 Å². The van der Waals surface area contributed by atoms with Crippen molar-refractivity contribution < 1.29 is 22.4 Å². The van der Waals surface area contributed by atoms with Crippen LogP contribution >= 0.6 is 0 Å². The number of carbonyl (C=O) groups is 2. The van der Waals surface area contributed by atoms with Crippen molar-refractivity contribution in [3.63, 3.8) is 0 Å². The third-order valence-electron chi connectivity index (χ3n) is 6.08. The molecule has 3 aromatic carbocycles. The van der Waals surface area contributed by atoms with E-state index in [-0.39, 0.29) is 29.1 Å². The average Bonchev–Trinajstić information content (AvgIpc) is 2.88. The van der Waals surface area contributed by atoms with Crippen LogP contribution < -0.4 is 9.62 Å². The van der Waals surface area contributed by atoms with E-state index in [1.54, 1.807) is 31.2 Å². The van der Waals surface area contributed by atoms with Crippen LogP contribution in [0.5, 0.6) is 0 Å². The second kappa shape index (κ2) is 12.7. The highest BCUT2D eigenvalue weighted by molar-refractivity contribution is 7.92. The van der Waals surface area contributed by atoms with Crippen molar-refractivity contribution in [3.8, 4) is 0 Å². The van der Waals surface area contributed by atoms with E-state index in [2.05, 4.69) is 5.32 Å². The molecule has 0 aliphatic heterocycles. The van der Waals surface area contributed by atoms with Gasteiger partial charge in [0, 0.05) is 12.6 Å². The maximum atomic E-state index is 13.8. The Morgan fingerprint density at radius 2 is 1.50 bits per heavy atom. The number of rotatable bonds is 11. The molecule has 0 aliphatic rings. The molecule has 0 fully saturated rings. The first-order valence-corrected chi connectivity index (χ1v) is 13.9. The Morgan fingerprint density at radius 1 is 0.895 bits per heavy atom. The number of halogens is 1. The molecule has 0 saturated heterocycles. The predicted molar refractivity (Wildman–Crippen MR) is 147 cm³/mol. The molecular weight excluding hydrogens is 505 g/mol. The molecule has 0 heterocycles. The zero-order valence-corrected chi connectivity index (χ0v) is 22.9. The maximum absolute atomic E-state index is 13.8. The molecule has 0 radical (unpaired) electrons. The third kappa shape index (κ3) is 7.41.